The Morgan fingerprint density at radius 1 is 1.07 bits per heavy atom. The van der Waals surface area contributed by atoms with Crippen LogP contribution in [0.3, 0.4) is 0 Å². The number of likely N-dealkylation sites (tertiary alicyclic amines) is 1. The Hall–Kier alpha value is -0.240. The molecule has 0 aromatic heterocycles. The van der Waals surface area contributed by atoms with Crippen molar-refractivity contribution in [3.8, 4) is 0 Å². The Morgan fingerprint density at radius 3 is 2.21 bits per heavy atom. The first-order valence-corrected chi connectivity index (χ1v) is 4.61. The lowest BCUT2D eigenvalue weighted by atomic mass is 9.94. The molecule has 5 N–H and O–H groups in total. The summed E-state index contributed by atoms with van der Waals surface area (Å²) in [6, 6.07) is -0.624. The molecule has 0 aromatic carbocycles. The van der Waals surface area contributed by atoms with E-state index in [0.29, 0.717) is 0 Å². The van der Waals surface area contributed by atoms with Crippen molar-refractivity contribution in [1.82, 2.24) is 4.90 Å². The molecule has 0 spiro atoms. The summed E-state index contributed by atoms with van der Waals surface area (Å²) in [5.74, 6) is 0. The van der Waals surface area contributed by atoms with Crippen LogP contribution in [-0.2, 0) is 0 Å². The molecule has 1 aliphatic heterocycles. The maximum atomic E-state index is 9.51. The molecule has 4 atom stereocenters. The van der Waals surface area contributed by atoms with Gasteiger partial charge in [0.25, 0.3) is 0 Å². The van der Waals surface area contributed by atoms with Crippen LogP contribution in [0.25, 0.3) is 0 Å². The molecule has 1 aliphatic rings. The second kappa shape index (κ2) is 5.01. The highest BCUT2D eigenvalue weighted by Crippen LogP contribution is 2.18. The lowest BCUT2D eigenvalue weighted by Gasteiger charge is -2.42. The Kier molecular flexibility index (Phi) is 4.24. The Morgan fingerprint density at radius 2 is 1.71 bits per heavy atom. The van der Waals surface area contributed by atoms with E-state index in [2.05, 4.69) is 0 Å². The maximum Gasteiger partial charge on any atom is 0.109 e. The van der Waals surface area contributed by atoms with Crippen molar-refractivity contribution in [3.63, 3.8) is 0 Å². The van der Waals surface area contributed by atoms with Gasteiger partial charge < -0.3 is 25.5 Å². The lowest BCUT2D eigenvalue weighted by molar-refractivity contribution is -0.146. The predicted octanol–water partition coefficient (Wildman–Crippen LogP) is -3.26. The van der Waals surface area contributed by atoms with Crippen LogP contribution in [0, 0.1) is 0 Å². The highest BCUT2D eigenvalue weighted by molar-refractivity contribution is 4.93. The molecule has 0 aromatic rings. The van der Waals surface area contributed by atoms with Crippen molar-refractivity contribution in [3.05, 3.63) is 0 Å². The third-order valence-electron chi connectivity index (χ3n) is 2.60. The van der Waals surface area contributed by atoms with Gasteiger partial charge in [-0.15, -0.1) is 0 Å². The molecule has 0 aliphatic carbocycles. The number of piperidine rings is 1. The van der Waals surface area contributed by atoms with Crippen LogP contribution in [0.15, 0.2) is 0 Å². The first-order valence-electron chi connectivity index (χ1n) is 4.61. The van der Waals surface area contributed by atoms with Gasteiger partial charge in [0.2, 0.25) is 0 Å². The summed E-state index contributed by atoms with van der Waals surface area (Å²) in [4.78, 5) is 1.56. The van der Waals surface area contributed by atoms with E-state index in [1.54, 1.807) is 4.90 Å². The molecule has 0 radical (unpaired) electrons. The molecule has 84 valence electrons. The number of aliphatic hydroxyl groups excluding tert-OH is 5. The van der Waals surface area contributed by atoms with Gasteiger partial charge in [0.15, 0.2) is 0 Å². The van der Waals surface area contributed by atoms with Crippen LogP contribution in [0.5, 0.6) is 0 Å². The van der Waals surface area contributed by atoms with Crippen molar-refractivity contribution < 1.29 is 25.5 Å². The molecule has 6 nitrogen and oxygen atoms in total. The highest BCUT2D eigenvalue weighted by Gasteiger charge is 2.40. The van der Waals surface area contributed by atoms with Crippen LogP contribution >= 0.6 is 0 Å². The quantitative estimate of drug-likeness (QED) is 0.333. The average Bonchev–Trinajstić information content (AvgIpc) is 2.16. The van der Waals surface area contributed by atoms with E-state index >= 15 is 0 Å². The number of hydrogen-bond donors (Lipinski definition) is 5. The zero-order chi connectivity index (χ0) is 10.7. The molecule has 6 heteroatoms. The molecule has 0 amide bonds. The highest BCUT2D eigenvalue weighted by atomic mass is 16.4. The van der Waals surface area contributed by atoms with E-state index in [1.807, 2.05) is 0 Å². The molecule has 0 saturated carbocycles. The van der Waals surface area contributed by atoms with E-state index < -0.39 is 24.4 Å². The molecule has 1 heterocycles. The molecular weight excluding hydrogens is 190 g/mol. The van der Waals surface area contributed by atoms with E-state index in [1.165, 1.54) is 0 Å². The molecule has 1 fully saturated rings. The second-order valence-corrected chi connectivity index (χ2v) is 3.52. The van der Waals surface area contributed by atoms with Gasteiger partial charge in [-0.05, 0) is 0 Å². The molecule has 1 rings (SSSR count). The minimum Gasteiger partial charge on any atom is -0.395 e. The van der Waals surface area contributed by atoms with Crippen molar-refractivity contribution in [1.29, 1.82) is 0 Å². The fraction of sp³-hybridized carbons (Fsp3) is 1.00. The molecule has 14 heavy (non-hydrogen) atoms. The summed E-state index contributed by atoms with van der Waals surface area (Å²) >= 11 is 0. The van der Waals surface area contributed by atoms with Crippen molar-refractivity contribution in [2.75, 3.05) is 26.3 Å². The number of nitrogens with zero attached hydrogens (tertiary/aromatic N) is 1. The number of rotatable bonds is 3. The Bertz CT molecular complexity index is 179. The van der Waals surface area contributed by atoms with Gasteiger partial charge >= 0.3 is 0 Å². The minimum atomic E-state index is -1.23. The van der Waals surface area contributed by atoms with Crippen LogP contribution < -0.4 is 0 Å². The van der Waals surface area contributed by atoms with Gasteiger partial charge in [-0.3, -0.25) is 4.90 Å². The maximum absolute atomic E-state index is 9.51. The summed E-state index contributed by atoms with van der Waals surface area (Å²) in [7, 11) is 0. The van der Waals surface area contributed by atoms with Gasteiger partial charge in [-0.2, -0.15) is 0 Å². The smallest absolute Gasteiger partial charge is 0.109 e. The Labute approximate surface area is 82.0 Å². The van der Waals surface area contributed by atoms with Crippen molar-refractivity contribution >= 4 is 0 Å². The number of β-amino-alcohol motifs (C(OH)–C–C–N with tert-alkyl or cyclic N) is 2. The molecule has 3 unspecified atom stereocenters. The third kappa shape index (κ3) is 2.22. The van der Waals surface area contributed by atoms with Gasteiger partial charge in [0.05, 0.1) is 25.4 Å². The van der Waals surface area contributed by atoms with Gasteiger partial charge in [0, 0.05) is 13.1 Å². The van der Waals surface area contributed by atoms with E-state index in [4.69, 9.17) is 10.2 Å². The topological polar surface area (TPSA) is 104 Å². The summed E-state index contributed by atoms with van der Waals surface area (Å²) in [6.07, 6.45) is -3.46. The van der Waals surface area contributed by atoms with E-state index in [9.17, 15) is 15.3 Å². The Balaban J connectivity index is 2.66. The largest absolute Gasteiger partial charge is 0.395 e. The standard InChI is InChI=1S/C8H17NO5/c10-2-1-9-3-6(12)8(14)7(13)5(9)4-11/h5-8,10-14H,1-4H2/t5?,6?,7-,8?/m1/s1. The summed E-state index contributed by atoms with van der Waals surface area (Å²) < 4.78 is 0. The van der Waals surface area contributed by atoms with Gasteiger partial charge in [-0.25, -0.2) is 0 Å². The number of hydrogen-bond acceptors (Lipinski definition) is 6. The van der Waals surface area contributed by atoms with E-state index in [-0.39, 0.29) is 26.3 Å². The fourth-order valence-corrected chi connectivity index (χ4v) is 1.76. The van der Waals surface area contributed by atoms with Crippen LogP contribution in [0.4, 0.5) is 0 Å². The van der Waals surface area contributed by atoms with E-state index in [0.717, 1.165) is 0 Å². The zero-order valence-corrected chi connectivity index (χ0v) is 7.82. The lowest BCUT2D eigenvalue weighted by Crippen LogP contribution is -2.62. The second-order valence-electron chi connectivity index (χ2n) is 3.52. The van der Waals surface area contributed by atoms with Crippen molar-refractivity contribution in [2.45, 2.75) is 24.4 Å². The average molecular weight is 207 g/mol. The molecular formula is C8H17NO5. The van der Waals surface area contributed by atoms with Crippen LogP contribution in [-0.4, -0.2) is 81.1 Å². The third-order valence-corrected chi connectivity index (χ3v) is 2.60. The monoisotopic (exact) mass is 207 g/mol. The normalized spacial score (nSPS) is 40.1. The summed E-state index contributed by atoms with van der Waals surface area (Å²) in [5.41, 5.74) is 0. The molecule has 0 bridgehead atoms. The first kappa shape index (κ1) is 11.8. The van der Waals surface area contributed by atoms with Gasteiger partial charge in [-0.1, -0.05) is 0 Å². The van der Waals surface area contributed by atoms with Crippen LogP contribution in [0.2, 0.25) is 0 Å². The van der Waals surface area contributed by atoms with Crippen molar-refractivity contribution in [2.24, 2.45) is 0 Å². The summed E-state index contributed by atoms with van der Waals surface area (Å²) in [6.45, 7) is -0.0347. The minimum absolute atomic E-state index is 0.119. The SMILES string of the molecule is OCCN1CC(O)C(O)[C@H](O)C1CO. The van der Waals surface area contributed by atoms with Gasteiger partial charge in [0.1, 0.15) is 12.2 Å². The fourth-order valence-electron chi connectivity index (χ4n) is 1.76. The predicted molar refractivity (Wildman–Crippen MR) is 47.6 cm³/mol. The zero-order valence-electron chi connectivity index (χ0n) is 7.82. The number of aliphatic hydroxyl groups is 5. The molecule has 1 saturated heterocycles. The first-order chi connectivity index (χ1) is 6.61. The summed E-state index contributed by atoms with van der Waals surface area (Å²) in [5, 5.41) is 45.9. The van der Waals surface area contributed by atoms with Crippen LogP contribution in [0.1, 0.15) is 0 Å².